The van der Waals surface area contributed by atoms with Gasteiger partial charge in [-0.25, -0.2) is 0 Å². The molecule has 19 heavy (non-hydrogen) atoms. The van der Waals surface area contributed by atoms with Crippen molar-refractivity contribution in [1.29, 1.82) is 0 Å². The predicted octanol–water partition coefficient (Wildman–Crippen LogP) is 3.02. The van der Waals surface area contributed by atoms with E-state index in [1.54, 1.807) is 0 Å². The number of hydrogen-bond acceptors (Lipinski definition) is 2. The van der Waals surface area contributed by atoms with E-state index in [1.165, 1.54) is 0 Å². The molecule has 3 heteroatoms. The maximum Gasteiger partial charge on any atom is 0.220 e. The molecule has 0 aliphatic heterocycles. The molecule has 0 saturated heterocycles. The van der Waals surface area contributed by atoms with Crippen molar-refractivity contribution in [2.75, 3.05) is 6.54 Å². The number of nitrogens with one attached hydrogen (secondary N) is 1. The lowest BCUT2D eigenvalue weighted by Gasteiger charge is -2.16. The Bertz CT molecular complexity index is 364. The summed E-state index contributed by atoms with van der Waals surface area (Å²) in [4.78, 5) is 11.9. The number of carbonyl (C=O) groups is 1. The molecule has 1 aromatic rings. The molecule has 2 unspecified atom stereocenters. The van der Waals surface area contributed by atoms with Crippen LogP contribution in [0.25, 0.3) is 0 Å². The van der Waals surface area contributed by atoms with Crippen LogP contribution in [-0.2, 0) is 4.79 Å². The van der Waals surface area contributed by atoms with Crippen molar-refractivity contribution < 1.29 is 4.79 Å². The van der Waals surface area contributed by atoms with Gasteiger partial charge < -0.3 is 11.1 Å². The van der Waals surface area contributed by atoms with Gasteiger partial charge in [0.15, 0.2) is 0 Å². The molecular formula is C16H26N2O. The van der Waals surface area contributed by atoms with Crippen molar-refractivity contribution >= 4 is 5.91 Å². The van der Waals surface area contributed by atoms with E-state index >= 15 is 0 Å². The molecule has 1 aromatic carbocycles. The van der Waals surface area contributed by atoms with Gasteiger partial charge in [0.2, 0.25) is 5.91 Å². The number of benzene rings is 1. The Morgan fingerprint density at radius 1 is 1.26 bits per heavy atom. The number of nitrogens with two attached hydrogens (primary N) is 1. The summed E-state index contributed by atoms with van der Waals surface area (Å²) < 4.78 is 0. The first-order chi connectivity index (χ1) is 9.17. The van der Waals surface area contributed by atoms with Gasteiger partial charge in [0.1, 0.15) is 0 Å². The summed E-state index contributed by atoms with van der Waals surface area (Å²) in [5.74, 6) is 0.703. The van der Waals surface area contributed by atoms with E-state index in [0.717, 1.165) is 24.8 Å². The highest BCUT2D eigenvalue weighted by Crippen LogP contribution is 2.16. The minimum atomic E-state index is 0.0725. The number of hydrogen-bond donors (Lipinski definition) is 2. The molecule has 0 bridgehead atoms. The average Bonchev–Trinajstić information content (AvgIpc) is 2.44. The number of amides is 1. The Morgan fingerprint density at radius 3 is 2.53 bits per heavy atom. The number of rotatable bonds is 8. The zero-order valence-electron chi connectivity index (χ0n) is 12.1. The molecule has 106 valence electrons. The van der Waals surface area contributed by atoms with Crippen LogP contribution in [0, 0.1) is 5.92 Å². The molecule has 0 aliphatic rings. The molecule has 0 heterocycles. The monoisotopic (exact) mass is 262 g/mol. The summed E-state index contributed by atoms with van der Waals surface area (Å²) in [5.41, 5.74) is 6.71. The third-order valence-electron chi connectivity index (χ3n) is 3.61. The molecule has 0 radical (unpaired) electrons. The van der Waals surface area contributed by atoms with Crippen LogP contribution in [0.4, 0.5) is 0 Å². The average molecular weight is 262 g/mol. The lowest BCUT2D eigenvalue weighted by Crippen LogP contribution is -2.27. The van der Waals surface area contributed by atoms with Gasteiger partial charge in [-0.1, -0.05) is 43.7 Å². The van der Waals surface area contributed by atoms with Gasteiger partial charge in [-0.3, -0.25) is 4.79 Å². The Morgan fingerprint density at radius 2 is 1.95 bits per heavy atom. The maximum absolute atomic E-state index is 11.9. The topological polar surface area (TPSA) is 55.1 Å². The van der Waals surface area contributed by atoms with Gasteiger partial charge in [0.05, 0.1) is 6.04 Å². The van der Waals surface area contributed by atoms with E-state index in [4.69, 9.17) is 5.73 Å². The standard InChI is InChI=1S/C16H26N2O/c1-3-14(11-12-17)9-10-16(19)18-13(2)15-7-5-4-6-8-15/h4-8,13-14H,3,9-12,17H2,1-2H3,(H,18,19). The lowest BCUT2D eigenvalue weighted by molar-refractivity contribution is -0.122. The van der Waals surface area contributed by atoms with Crippen molar-refractivity contribution in [3.05, 3.63) is 35.9 Å². The Hall–Kier alpha value is -1.35. The van der Waals surface area contributed by atoms with Crippen LogP contribution in [0.2, 0.25) is 0 Å². The minimum Gasteiger partial charge on any atom is -0.350 e. The van der Waals surface area contributed by atoms with Crippen molar-refractivity contribution in [2.45, 2.75) is 45.6 Å². The van der Waals surface area contributed by atoms with E-state index < -0.39 is 0 Å². The van der Waals surface area contributed by atoms with Crippen molar-refractivity contribution in [2.24, 2.45) is 11.7 Å². The van der Waals surface area contributed by atoms with Crippen molar-refractivity contribution in [1.82, 2.24) is 5.32 Å². The molecule has 2 atom stereocenters. The first-order valence-electron chi connectivity index (χ1n) is 7.21. The Balaban J connectivity index is 2.35. The molecule has 0 fully saturated rings. The molecule has 0 spiro atoms. The molecule has 0 aliphatic carbocycles. The highest BCUT2D eigenvalue weighted by atomic mass is 16.1. The summed E-state index contributed by atoms with van der Waals surface area (Å²) in [6.07, 6.45) is 3.63. The molecule has 3 nitrogen and oxygen atoms in total. The van der Waals surface area contributed by atoms with Crippen molar-refractivity contribution in [3.63, 3.8) is 0 Å². The summed E-state index contributed by atoms with van der Waals surface area (Å²) in [5, 5.41) is 3.05. The van der Waals surface area contributed by atoms with Gasteiger partial charge in [-0.2, -0.15) is 0 Å². The van der Waals surface area contributed by atoms with Crippen LogP contribution < -0.4 is 11.1 Å². The smallest absolute Gasteiger partial charge is 0.220 e. The van der Waals surface area contributed by atoms with Crippen LogP contribution in [0.15, 0.2) is 30.3 Å². The third kappa shape index (κ3) is 5.88. The molecule has 0 aromatic heterocycles. The second-order valence-corrected chi connectivity index (χ2v) is 5.09. The largest absolute Gasteiger partial charge is 0.350 e. The molecular weight excluding hydrogens is 236 g/mol. The Kier molecular flexibility index (Phi) is 7.19. The fourth-order valence-electron chi connectivity index (χ4n) is 2.26. The summed E-state index contributed by atoms with van der Waals surface area (Å²) in [6, 6.07) is 10.1. The lowest BCUT2D eigenvalue weighted by atomic mass is 9.96. The van der Waals surface area contributed by atoms with Gasteiger partial charge in [-0.15, -0.1) is 0 Å². The normalized spacial score (nSPS) is 13.8. The van der Waals surface area contributed by atoms with Gasteiger partial charge in [0, 0.05) is 6.42 Å². The highest BCUT2D eigenvalue weighted by molar-refractivity contribution is 5.76. The van der Waals surface area contributed by atoms with Gasteiger partial charge in [-0.05, 0) is 37.8 Å². The predicted molar refractivity (Wildman–Crippen MR) is 79.7 cm³/mol. The van der Waals surface area contributed by atoms with E-state index in [-0.39, 0.29) is 11.9 Å². The minimum absolute atomic E-state index is 0.0725. The maximum atomic E-state index is 11.9. The molecule has 0 saturated carbocycles. The quantitative estimate of drug-likeness (QED) is 0.756. The third-order valence-corrected chi connectivity index (χ3v) is 3.61. The summed E-state index contributed by atoms with van der Waals surface area (Å²) in [6.45, 7) is 4.88. The Labute approximate surface area is 116 Å². The molecule has 3 N–H and O–H groups in total. The highest BCUT2D eigenvalue weighted by Gasteiger charge is 2.11. The molecule has 1 amide bonds. The van der Waals surface area contributed by atoms with Crippen LogP contribution in [0.3, 0.4) is 0 Å². The van der Waals surface area contributed by atoms with E-state index in [0.29, 0.717) is 18.9 Å². The van der Waals surface area contributed by atoms with Crippen LogP contribution >= 0.6 is 0 Å². The number of carbonyl (C=O) groups excluding carboxylic acids is 1. The van der Waals surface area contributed by atoms with E-state index in [1.807, 2.05) is 37.3 Å². The zero-order valence-corrected chi connectivity index (χ0v) is 12.1. The van der Waals surface area contributed by atoms with E-state index in [9.17, 15) is 4.79 Å². The summed E-state index contributed by atoms with van der Waals surface area (Å²) >= 11 is 0. The summed E-state index contributed by atoms with van der Waals surface area (Å²) in [7, 11) is 0. The van der Waals surface area contributed by atoms with Crippen LogP contribution in [0.5, 0.6) is 0 Å². The zero-order chi connectivity index (χ0) is 14.1. The second kappa shape index (κ2) is 8.70. The first-order valence-corrected chi connectivity index (χ1v) is 7.21. The van der Waals surface area contributed by atoms with Crippen molar-refractivity contribution in [3.8, 4) is 0 Å². The van der Waals surface area contributed by atoms with E-state index in [2.05, 4.69) is 12.2 Å². The van der Waals surface area contributed by atoms with Crippen LogP contribution in [-0.4, -0.2) is 12.5 Å². The second-order valence-electron chi connectivity index (χ2n) is 5.09. The van der Waals surface area contributed by atoms with Gasteiger partial charge in [0.25, 0.3) is 0 Å². The SMILES string of the molecule is CCC(CCN)CCC(=O)NC(C)c1ccccc1. The fourth-order valence-corrected chi connectivity index (χ4v) is 2.26. The van der Waals surface area contributed by atoms with Gasteiger partial charge >= 0.3 is 0 Å². The fraction of sp³-hybridized carbons (Fsp3) is 0.562. The molecule has 1 rings (SSSR count). The first kappa shape index (κ1) is 15.7. The van der Waals surface area contributed by atoms with Crippen LogP contribution in [0.1, 0.15) is 51.1 Å².